The molecular weight excluding hydrogens is 480 g/mol. The van der Waals surface area contributed by atoms with Crippen LogP contribution in [0.25, 0.3) is 10.8 Å². The summed E-state index contributed by atoms with van der Waals surface area (Å²) in [5.41, 5.74) is 2.44. The van der Waals surface area contributed by atoms with Crippen molar-refractivity contribution in [1.29, 1.82) is 0 Å². The topological polar surface area (TPSA) is 121 Å². The van der Waals surface area contributed by atoms with Gasteiger partial charge in [-0.05, 0) is 30.9 Å². The monoisotopic (exact) mass is 508 g/mol. The molecule has 3 aromatic rings. The Morgan fingerprint density at radius 2 is 2.08 bits per heavy atom. The molecule has 5 rings (SSSR count). The molecule has 2 N–H and O–H groups in total. The first-order valence-electron chi connectivity index (χ1n) is 12.1. The molecule has 0 bridgehead atoms. The Labute approximate surface area is 212 Å². The number of carbonyl (C=O) groups is 3. The lowest BCUT2D eigenvalue weighted by atomic mass is 9.98. The Morgan fingerprint density at radius 1 is 1.25 bits per heavy atom. The summed E-state index contributed by atoms with van der Waals surface area (Å²) >= 11 is 1.21. The van der Waals surface area contributed by atoms with Gasteiger partial charge in [0.1, 0.15) is 10.9 Å². The number of carbonyl (C=O) groups excluding carboxylic acids is 3. The number of nitrogens with zero attached hydrogens (tertiary/aromatic N) is 4. The lowest BCUT2D eigenvalue weighted by molar-refractivity contribution is -0.148. The molecule has 10 nitrogen and oxygen atoms in total. The summed E-state index contributed by atoms with van der Waals surface area (Å²) < 4.78 is 5.13. The minimum absolute atomic E-state index is 0.120. The number of hydrogen-bond donors (Lipinski definition) is 2. The van der Waals surface area contributed by atoms with Crippen molar-refractivity contribution in [3.05, 3.63) is 58.2 Å². The number of aryl methyl sites for hydroxylation is 1. The Hall–Kier alpha value is -3.57. The number of amides is 3. The zero-order chi connectivity index (χ0) is 25.2. The van der Waals surface area contributed by atoms with E-state index in [0.717, 1.165) is 24.1 Å². The van der Waals surface area contributed by atoms with E-state index in [1.165, 1.54) is 17.5 Å². The summed E-state index contributed by atoms with van der Waals surface area (Å²) in [6.45, 7) is 5.91. The van der Waals surface area contributed by atoms with Crippen LogP contribution in [0.2, 0.25) is 0 Å². The van der Waals surface area contributed by atoms with Crippen LogP contribution in [-0.2, 0) is 16.1 Å². The number of benzene rings is 1. The summed E-state index contributed by atoms with van der Waals surface area (Å²) in [5.74, 6) is -0.677. The molecule has 4 heterocycles. The maximum absolute atomic E-state index is 13.4. The van der Waals surface area contributed by atoms with E-state index < -0.39 is 12.0 Å². The Bertz CT molecular complexity index is 1270. The van der Waals surface area contributed by atoms with Crippen molar-refractivity contribution in [2.24, 2.45) is 5.92 Å². The molecule has 1 fully saturated rings. The first-order valence-corrected chi connectivity index (χ1v) is 12.9. The molecule has 0 aliphatic carbocycles. The Balaban J connectivity index is 1.27. The van der Waals surface area contributed by atoms with Crippen LogP contribution < -0.4 is 10.6 Å². The summed E-state index contributed by atoms with van der Waals surface area (Å²) in [6, 6.07) is 8.68. The molecule has 0 spiro atoms. The quantitative estimate of drug-likeness (QED) is 0.503. The molecule has 1 saturated heterocycles. The van der Waals surface area contributed by atoms with Gasteiger partial charge < -0.3 is 15.2 Å². The standard InChI is InChI=1S/C25H28N6O4S/c1-3-16(13-26-23(33)21-15(2)28-24(36-21)19-9-10-27-35-19)22(32)29-20-18-8-5-4-7-17(18)14-30-11-6-12-31(30)25(20)34/h4-5,7-10,16,20H,3,6,11-14H2,1-2H3,(H,26,33)(H,29,32)/t16-,20+/m1/s1. The molecule has 3 amide bonds. The van der Waals surface area contributed by atoms with Crippen molar-refractivity contribution in [2.45, 2.75) is 39.3 Å². The van der Waals surface area contributed by atoms with Crippen molar-refractivity contribution in [3.63, 3.8) is 0 Å². The summed E-state index contributed by atoms with van der Waals surface area (Å²) in [4.78, 5) is 44.4. The second-order valence-corrected chi connectivity index (χ2v) is 9.97. The third kappa shape index (κ3) is 4.63. The minimum atomic E-state index is -0.755. The molecule has 11 heteroatoms. The molecule has 0 radical (unpaired) electrons. The highest BCUT2D eigenvalue weighted by Crippen LogP contribution is 2.30. The number of fused-ring (bicyclic) bond motifs is 2. The molecule has 2 aliphatic heterocycles. The second kappa shape index (κ2) is 10.2. The van der Waals surface area contributed by atoms with E-state index in [2.05, 4.69) is 25.8 Å². The first-order chi connectivity index (χ1) is 17.5. The van der Waals surface area contributed by atoms with E-state index in [4.69, 9.17) is 4.52 Å². The summed E-state index contributed by atoms with van der Waals surface area (Å²) in [7, 11) is 0. The van der Waals surface area contributed by atoms with Gasteiger partial charge in [0.05, 0.1) is 17.8 Å². The van der Waals surface area contributed by atoms with Gasteiger partial charge in [-0.25, -0.2) is 9.99 Å². The van der Waals surface area contributed by atoms with Crippen LogP contribution in [0, 0.1) is 12.8 Å². The minimum Gasteiger partial charge on any atom is -0.354 e. The van der Waals surface area contributed by atoms with Crippen LogP contribution in [0.5, 0.6) is 0 Å². The van der Waals surface area contributed by atoms with Crippen LogP contribution in [0.1, 0.15) is 52.3 Å². The van der Waals surface area contributed by atoms with E-state index in [0.29, 0.717) is 40.8 Å². The Morgan fingerprint density at radius 3 is 2.86 bits per heavy atom. The molecule has 2 atom stereocenters. The van der Waals surface area contributed by atoms with Crippen molar-refractivity contribution < 1.29 is 18.9 Å². The third-order valence-corrected chi connectivity index (χ3v) is 7.83. The highest BCUT2D eigenvalue weighted by atomic mass is 32.1. The third-order valence-electron chi connectivity index (χ3n) is 6.66. The van der Waals surface area contributed by atoms with Crippen LogP contribution in [-0.4, -0.2) is 57.5 Å². The largest absolute Gasteiger partial charge is 0.354 e. The molecule has 1 aromatic carbocycles. The number of thiazole rings is 1. The van der Waals surface area contributed by atoms with Gasteiger partial charge in [0.15, 0.2) is 10.8 Å². The molecular formula is C25H28N6O4S. The van der Waals surface area contributed by atoms with Crippen molar-refractivity contribution >= 4 is 29.1 Å². The highest BCUT2D eigenvalue weighted by Gasteiger charge is 2.38. The van der Waals surface area contributed by atoms with Gasteiger partial charge >= 0.3 is 0 Å². The van der Waals surface area contributed by atoms with Crippen molar-refractivity contribution in [1.82, 2.24) is 30.8 Å². The molecule has 36 heavy (non-hydrogen) atoms. The van der Waals surface area contributed by atoms with Crippen molar-refractivity contribution in [3.8, 4) is 10.8 Å². The van der Waals surface area contributed by atoms with Crippen LogP contribution in [0.3, 0.4) is 0 Å². The number of rotatable bonds is 7. The molecule has 2 aromatic heterocycles. The van der Waals surface area contributed by atoms with E-state index in [-0.39, 0.29) is 24.3 Å². The van der Waals surface area contributed by atoms with Gasteiger partial charge in [0.2, 0.25) is 5.91 Å². The maximum atomic E-state index is 13.4. The van der Waals surface area contributed by atoms with Crippen LogP contribution in [0.4, 0.5) is 0 Å². The predicted octanol–water partition coefficient (Wildman–Crippen LogP) is 2.68. The average molecular weight is 509 g/mol. The molecule has 2 aliphatic rings. The average Bonchev–Trinajstić information content (AvgIpc) is 3.63. The second-order valence-electron chi connectivity index (χ2n) is 8.97. The number of nitrogens with one attached hydrogen (secondary N) is 2. The fourth-order valence-corrected chi connectivity index (χ4v) is 5.61. The van der Waals surface area contributed by atoms with Gasteiger partial charge in [0, 0.05) is 32.2 Å². The van der Waals surface area contributed by atoms with Crippen LogP contribution >= 0.6 is 11.3 Å². The van der Waals surface area contributed by atoms with Gasteiger partial charge in [-0.15, -0.1) is 11.3 Å². The summed E-state index contributed by atoms with van der Waals surface area (Å²) in [6.07, 6.45) is 2.94. The Kier molecular flexibility index (Phi) is 6.84. The van der Waals surface area contributed by atoms with Gasteiger partial charge in [-0.1, -0.05) is 36.3 Å². The fourth-order valence-electron chi connectivity index (χ4n) is 4.67. The SMILES string of the molecule is CC[C@H](CNC(=O)c1sc(-c2ccno2)nc1C)C(=O)N[C@@H]1C(=O)N2CCCN2Cc2ccccc21. The van der Waals surface area contributed by atoms with Crippen LogP contribution in [0.15, 0.2) is 41.1 Å². The number of hydrogen-bond acceptors (Lipinski definition) is 8. The highest BCUT2D eigenvalue weighted by molar-refractivity contribution is 7.17. The fraction of sp³-hybridized carbons (Fsp3) is 0.400. The molecule has 0 unspecified atom stereocenters. The molecule has 188 valence electrons. The van der Waals surface area contributed by atoms with E-state index >= 15 is 0 Å². The zero-order valence-electron chi connectivity index (χ0n) is 20.2. The van der Waals surface area contributed by atoms with Gasteiger partial charge in [-0.2, -0.15) is 0 Å². The van der Waals surface area contributed by atoms with Crippen molar-refractivity contribution in [2.75, 3.05) is 19.6 Å². The lowest BCUT2D eigenvalue weighted by Gasteiger charge is -2.28. The zero-order valence-corrected chi connectivity index (χ0v) is 21.0. The normalized spacial score (nSPS) is 18.3. The lowest BCUT2D eigenvalue weighted by Crippen LogP contribution is -2.47. The predicted molar refractivity (Wildman–Crippen MR) is 133 cm³/mol. The van der Waals surface area contributed by atoms with E-state index in [9.17, 15) is 14.4 Å². The molecule has 0 saturated carbocycles. The van der Waals surface area contributed by atoms with Gasteiger partial charge in [0.25, 0.3) is 11.8 Å². The smallest absolute Gasteiger partial charge is 0.264 e. The maximum Gasteiger partial charge on any atom is 0.264 e. The van der Waals surface area contributed by atoms with E-state index in [1.807, 2.05) is 31.2 Å². The number of aromatic nitrogens is 2. The van der Waals surface area contributed by atoms with Gasteiger partial charge in [-0.3, -0.25) is 19.4 Å². The number of hydrazine groups is 1. The van der Waals surface area contributed by atoms with E-state index in [1.54, 1.807) is 18.0 Å². The first kappa shape index (κ1) is 24.1. The summed E-state index contributed by atoms with van der Waals surface area (Å²) in [5, 5.41) is 13.9.